The van der Waals surface area contributed by atoms with Gasteiger partial charge in [0.1, 0.15) is 6.04 Å². The lowest BCUT2D eigenvalue weighted by atomic mass is 10.0. The molecule has 1 N–H and O–H groups in total. The number of rotatable bonds is 3. The van der Waals surface area contributed by atoms with Crippen LogP contribution in [0.5, 0.6) is 0 Å². The fraction of sp³-hybridized carbons (Fsp3) is 0.312. The van der Waals surface area contributed by atoms with Crippen LogP contribution in [0.3, 0.4) is 0 Å². The Balaban J connectivity index is 1.84. The third-order valence-electron chi connectivity index (χ3n) is 3.93. The molecule has 1 aromatic heterocycles. The fourth-order valence-corrected chi connectivity index (χ4v) is 2.96. The van der Waals surface area contributed by atoms with Crippen molar-refractivity contribution in [1.82, 2.24) is 14.7 Å². The van der Waals surface area contributed by atoms with E-state index in [-0.39, 0.29) is 11.6 Å². The van der Waals surface area contributed by atoms with Gasteiger partial charge < -0.3 is 10.0 Å². The van der Waals surface area contributed by atoms with Crippen LogP contribution in [0.2, 0.25) is 5.02 Å². The number of benzene rings is 1. The molecule has 0 spiro atoms. The molecule has 0 aliphatic carbocycles. The van der Waals surface area contributed by atoms with Crippen LogP contribution in [-0.4, -0.2) is 44.3 Å². The number of halogens is 1. The number of amides is 1. The summed E-state index contributed by atoms with van der Waals surface area (Å²) in [6, 6.07) is 7.94. The van der Waals surface area contributed by atoms with Crippen LogP contribution in [0.1, 0.15) is 29.8 Å². The number of piperidine rings is 1. The summed E-state index contributed by atoms with van der Waals surface area (Å²) in [5.41, 5.74) is 0.975. The number of aliphatic carboxylic acids is 1. The molecule has 1 unspecified atom stereocenters. The first-order chi connectivity index (χ1) is 11.1. The minimum Gasteiger partial charge on any atom is -0.480 e. The smallest absolute Gasteiger partial charge is 0.326 e. The van der Waals surface area contributed by atoms with Gasteiger partial charge >= 0.3 is 5.97 Å². The summed E-state index contributed by atoms with van der Waals surface area (Å²) in [6.07, 6.45) is 3.77. The van der Waals surface area contributed by atoms with Crippen molar-refractivity contribution in [3.8, 4) is 5.69 Å². The number of likely N-dealkylation sites (tertiary alicyclic amines) is 1. The van der Waals surface area contributed by atoms with E-state index in [4.69, 9.17) is 11.6 Å². The monoisotopic (exact) mass is 333 g/mol. The maximum absolute atomic E-state index is 12.6. The molecule has 3 rings (SSSR count). The van der Waals surface area contributed by atoms with Crippen LogP contribution in [0.25, 0.3) is 5.69 Å². The maximum atomic E-state index is 12.6. The lowest BCUT2D eigenvalue weighted by molar-refractivity contribution is -0.143. The number of hydrogen-bond acceptors (Lipinski definition) is 3. The van der Waals surface area contributed by atoms with Crippen molar-refractivity contribution >= 4 is 23.5 Å². The highest BCUT2D eigenvalue weighted by Gasteiger charge is 2.33. The van der Waals surface area contributed by atoms with Crippen LogP contribution >= 0.6 is 11.6 Å². The van der Waals surface area contributed by atoms with E-state index in [0.717, 1.165) is 18.5 Å². The molecule has 1 amide bonds. The summed E-state index contributed by atoms with van der Waals surface area (Å²) in [7, 11) is 0. The van der Waals surface area contributed by atoms with Gasteiger partial charge in [0.25, 0.3) is 5.91 Å². The molecule has 1 aliphatic heterocycles. The highest BCUT2D eigenvalue weighted by molar-refractivity contribution is 6.30. The molecule has 1 aliphatic rings. The molecule has 1 atom stereocenters. The minimum absolute atomic E-state index is 0.234. The lowest BCUT2D eigenvalue weighted by Crippen LogP contribution is -2.48. The Morgan fingerprint density at radius 1 is 1.26 bits per heavy atom. The fourth-order valence-electron chi connectivity index (χ4n) is 2.78. The van der Waals surface area contributed by atoms with Crippen LogP contribution in [0, 0.1) is 0 Å². The zero-order valence-electron chi connectivity index (χ0n) is 12.4. The van der Waals surface area contributed by atoms with E-state index in [1.807, 2.05) is 6.07 Å². The van der Waals surface area contributed by atoms with Crippen molar-refractivity contribution in [1.29, 1.82) is 0 Å². The average Bonchev–Trinajstić information content (AvgIpc) is 3.04. The van der Waals surface area contributed by atoms with E-state index >= 15 is 0 Å². The van der Waals surface area contributed by atoms with Gasteiger partial charge in [0.2, 0.25) is 0 Å². The summed E-state index contributed by atoms with van der Waals surface area (Å²) in [6.45, 7) is 0.444. The summed E-state index contributed by atoms with van der Waals surface area (Å²) < 4.78 is 1.55. The molecule has 2 aromatic rings. The van der Waals surface area contributed by atoms with E-state index in [0.29, 0.717) is 18.0 Å². The second kappa shape index (κ2) is 6.42. The highest BCUT2D eigenvalue weighted by atomic mass is 35.5. The van der Waals surface area contributed by atoms with Gasteiger partial charge in [0, 0.05) is 17.8 Å². The van der Waals surface area contributed by atoms with E-state index in [9.17, 15) is 14.7 Å². The van der Waals surface area contributed by atoms with Crippen molar-refractivity contribution in [2.45, 2.75) is 25.3 Å². The van der Waals surface area contributed by atoms with Gasteiger partial charge in [-0.2, -0.15) is 5.10 Å². The first-order valence-corrected chi connectivity index (χ1v) is 7.79. The number of carboxylic acids is 1. The molecule has 1 saturated heterocycles. The molecule has 7 heteroatoms. The summed E-state index contributed by atoms with van der Waals surface area (Å²) in [5, 5.41) is 14.1. The van der Waals surface area contributed by atoms with Crippen molar-refractivity contribution in [2.75, 3.05) is 6.54 Å². The molecule has 2 heterocycles. The largest absolute Gasteiger partial charge is 0.480 e. The molecule has 0 radical (unpaired) electrons. The van der Waals surface area contributed by atoms with Crippen molar-refractivity contribution < 1.29 is 14.7 Å². The van der Waals surface area contributed by atoms with Crippen LogP contribution < -0.4 is 0 Å². The number of carbonyl (C=O) groups is 2. The van der Waals surface area contributed by atoms with E-state index in [1.54, 1.807) is 35.1 Å². The molecule has 1 fully saturated rings. The lowest BCUT2D eigenvalue weighted by Gasteiger charge is -2.32. The summed E-state index contributed by atoms with van der Waals surface area (Å²) in [4.78, 5) is 25.3. The Hall–Kier alpha value is -2.34. The molecule has 1 aromatic carbocycles. The standard InChI is InChI=1S/C16H16ClN3O3/c17-11-4-3-5-12(10-11)20-9-7-13(18-20)15(21)19-8-2-1-6-14(19)16(22)23/h3-5,7,9-10,14H,1-2,6,8H2,(H,22,23). The zero-order chi connectivity index (χ0) is 16.4. The third-order valence-corrected chi connectivity index (χ3v) is 4.16. The molecule has 0 bridgehead atoms. The van der Waals surface area contributed by atoms with Crippen LogP contribution in [0.15, 0.2) is 36.5 Å². The first kappa shape index (κ1) is 15.6. The van der Waals surface area contributed by atoms with Gasteiger partial charge in [-0.15, -0.1) is 0 Å². The normalized spacial score (nSPS) is 18.0. The number of carboxylic acid groups (broad SMARTS) is 1. The van der Waals surface area contributed by atoms with Gasteiger partial charge in [-0.25, -0.2) is 9.48 Å². The van der Waals surface area contributed by atoms with Gasteiger partial charge in [-0.1, -0.05) is 17.7 Å². The molecule has 120 valence electrons. The Bertz CT molecular complexity index is 744. The Morgan fingerprint density at radius 2 is 2.09 bits per heavy atom. The number of hydrogen-bond donors (Lipinski definition) is 1. The van der Waals surface area contributed by atoms with E-state index in [1.165, 1.54) is 4.90 Å². The molecule has 23 heavy (non-hydrogen) atoms. The predicted molar refractivity (Wildman–Crippen MR) is 84.9 cm³/mol. The molecule has 6 nitrogen and oxygen atoms in total. The summed E-state index contributed by atoms with van der Waals surface area (Å²) >= 11 is 5.96. The van der Waals surface area contributed by atoms with Crippen molar-refractivity contribution in [2.24, 2.45) is 0 Å². The maximum Gasteiger partial charge on any atom is 0.326 e. The van der Waals surface area contributed by atoms with Crippen LogP contribution in [-0.2, 0) is 4.79 Å². The average molecular weight is 334 g/mol. The SMILES string of the molecule is O=C(O)C1CCCCN1C(=O)c1ccn(-c2cccc(Cl)c2)n1. The number of nitrogens with zero attached hydrogens (tertiary/aromatic N) is 3. The van der Waals surface area contributed by atoms with Crippen molar-refractivity contribution in [3.05, 3.63) is 47.2 Å². The van der Waals surface area contributed by atoms with Gasteiger partial charge in [-0.05, 0) is 43.5 Å². The predicted octanol–water partition coefficient (Wildman–Crippen LogP) is 2.61. The number of carbonyl (C=O) groups excluding carboxylic acids is 1. The van der Waals surface area contributed by atoms with E-state index < -0.39 is 12.0 Å². The van der Waals surface area contributed by atoms with Gasteiger partial charge in [0.05, 0.1) is 5.69 Å². The van der Waals surface area contributed by atoms with Gasteiger partial charge in [-0.3, -0.25) is 4.79 Å². The third kappa shape index (κ3) is 3.22. The Morgan fingerprint density at radius 3 is 2.83 bits per heavy atom. The van der Waals surface area contributed by atoms with Crippen molar-refractivity contribution in [3.63, 3.8) is 0 Å². The zero-order valence-corrected chi connectivity index (χ0v) is 13.1. The number of aromatic nitrogens is 2. The quantitative estimate of drug-likeness (QED) is 0.936. The minimum atomic E-state index is -0.965. The second-order valence-corrected chi connectivity index (χ2v) is 5.91. The first-order valence-electron chi connectivity index (χ1n) is 7.41. The summed E-state index contributed by atoms with van der Waals surface area (Å²) in [5.74, 6) is -1.31. The highest BCUT2D eigenvalue weighted by Crippen LogP contribution is 2.20. The Labute approximate surface area is 138 Å². The van der Waals surface area contributed by atoms with Gasteiger partial charge in [0.15, 0.2) is 5.69 Å². The molecular weight excluding hydrogens is 318 g/mol. The molecule has 0 saturated carbocycles. The topological polar surface area (TPSA) is 75.4 Å². The van der Waals surface area contributed by atoms with Crippen LogP contribution in [0.4, 0.5) is 0 Å². The van der Waals surface area contributed by atoms with E-state index in [2.05, 4.69) is 5.10 Å². The molecular formula is C16H16ClN3O3. The second-order valence-electron chi connectivity index (χ2n) is 5.47. The Kier molecular flexibility index (Phi) is 4.34.